The molecule has 1 heterocycles. The third-order valence-electron chi connectivity index (χ3n) is 2.78. The molecule has 0 saturated heterocycles. The minimum atomic E-state index is -0.0206. The number of nitrogens with two attached hydrogens (primary N) is 1. The van der Waals surface area contributed by atoms with Crippen LogP contribution in [0.5, 0.6) is 5.88 Å². The molecule has 0 radical (unpaired) electrons. The molecule has 0 fully saturated rings. The number of ether oxygens (including phenoxy) is 1. The number of nitrogens with zero attached hydrogens (tertiary/aromatic N) is 2. The molecule has 19 heavy (non-hydrogen) atoms. The van der Waals surface area contributed by atoms with Crippen LogP contribution in [0.25, 0.3) is 0 Å². The van der Waals surface area contributed by atoms with Crippen molar-refractivity contribution in [3.8, 4) is 5.88 Å². The summed E-state index contributed by atoms with van der Waals surface area (Å²) in [6.45, 7) is 2.36. The normalized spacial score (nSPS) is 11.9. The summed E-state index contributed by atoms with van der Waals surface area (Å²) in [6, 6.07) is 11.8. The van der Waals surface area contributed by atoms with Crippen molar-refractivity contribution in [3.63, 3.8) is 0 Å². The zero-order valence-corrected chi connectivity index (χ0v) is 11.1. The molecular weight excluding hydrogens is 240 g/mol. The molecule has 2 aromatic rings. The maximum atomic E-state index is 5.81. The average molecular weight is 258 g/mol. The molecule has 1 aromatic carbocycles. The van der Waals surface area contributed by atoms with Gasteiger partial charge in [-0.05, 0) is 12.5 Å². The number of nitrogens with one attached hydrogen (secondary N) is 1. The molecule has 0 amide bonds. The third-order valence-corrected chi connectivity index (χ3v) is 2.78. The summed E-state index contributed by atoms with van der Waals surface area (Å²) in [5, 5.41) is 3.23. The van der Waals surface area contributed by atoms with Crippen LogP contribution in [0.1, 0.15) is 17.3 Å². The lowest BCUT2D eigenvalue weighted by molar-refractivity contribution is 0.397. The van der Waals surface area contributed by atoms with Gasteiger partial charge in [-0.15, -0.1) is 0 Å². The summed E-state index contributed by atoms with van der Waals surface area (Å²) >= 11 is 0. The van der Waals surface area contributed by atoms with Gasteiger partial charge in [-0.2, -0.15) is 4.98 Å². The largest absolute Gasteiger partial charge is 0.481 e. The van der Waals surface area contributed by atoms with E-state index < -0.39 is 0 Å². The maximum absolute atomic E-state index is 5.81. The van der Waals surface area contributed by atoms with Crippen molar-refractivity contribution < 1.29 is 4.74 Å². The summed E-state index contributed by atoms with van der Waals surface area (Å²) in [6.07, 6.45) is 0. The molecule has 2 rings (SSSR count). The number of hydrogen-bond acceptors (Lipinski definition) is 5. The number of aryl methyl sites for hydroxylation is 1. The molecule has 0 spiro atoms. The molecule has 100 valence electrons. The Labute approximate surface area is 112 Å². The van der Waals surface area contributed by atoms with E-state index in [9.17, 15) is 0 Å². The van der Waals surface area contributed by atoms with Gasteiger partial charge in [-0.1, -0.05) is 30.3 Å². The van der Waals surface area contributed by atoms with Crippen molar-refractivity contribution in [2.45, 2.75) is 13.0 Å². The SMILES string of the molecule is COc1cc(C)nc(NC(CN)c2ccccc2)n1. The van der Waals surface area contributed by atoms with Crippen molar-refractivity contribution in [1.29, 1.82) is 0 Å². The number of anilines is 1. The highest BCUT2D eigenvalue weighted by molar-refractivity contribution is 5.35. The molecule has 0 aliphatic heterocycles. The van der Waals surface area contributed by atoms with E-state index in [2.05, 4.69) is 15.3 Å². The van der Waals surface area contributed by atoms with Crippen LogP contribution in [-0.4, -0.2) is 23.6 Å². The molecule has 1 unspecified atom stereocenters. The van der Waals surface area contributed by atoms with Crippen LogP contribution in [0.15, 0.2) is 36.4 Å². The van der Waals surface area contributed by atoms with Crippen LogP contribution in [0, 0.1) is 6.92 Å². The van der Waals surface area contributed by atoms with Gasteiger partial charge in [-0.3, -0.25) is 0 Å². The minimum absolute atomic E-state index is 0.0206. The zero-order valence-electron chi connectivity index (χ0n) is 11.1. The monoisotopic (exact) mass is 258 g/mol. The van der Waals surface area contributed by atoms with Gasteiger partial charge in [0.1, 0.15) is 0 Å². The molecule has 0 aliphatic rings. The topological polar surface area (TPSA) is 73.1 Å². The fourth-order valence-electron chi connectivity index (χ4n) is 1.83. The van der Waals surface area contributed by atoms with Crippen LogP contribution in [0.4, 0.5) is 5.95 Å². The Morgan fingerprint density at radius 2 is 2.00 bits per heavy atom. The fourth-order valence-corrected chi connectivity index (χ4v) is 1.83. The Morgan fingerprint density at radius 3 is 2.63 bits per heavy atom. The smallest absolute Gasteiger partial charge is 0.226 e. The Hall–Kier alpha value is -2.14. The molecule has 0 bridgehead atoms. The standard InChI is InChI=1S/C14H18N4O/c1-10-8-13(19-2)18-14(16-10)17-12(9-15)11-6-4-3-5-7-11/h3-8,12H,9,15H2,1-2H3,(H,16,17,18). The fraction of sp³-hybridized carbons (Fsp3) is 0.286. The van der Waals surface area contributed by atoms with Crippen molar-refractivity contribution in [2.24, 2.45) is 5.73 Å². The van der Waals surface area contributed by atoms with E-state index in [1.807, 2.05) is 37.3 Å². The summed E-state index contributed by atoms with van der Waals surface area (Å²) in [5.74, 6) is 1.06. The first-order chi connectivity index (χ1) is 9.22. The Bertz CT molecular complexity index is 530. The van der Waals surface area contributed by atoms with Crippen LogP contribution in [0.3, 0.4) is 0 Å². The van der Waals surface area contributed by atoms with Crippen molar-refractivity contribution in [2.75, 3.05) is 19.0 Å². The number of rotatable bonds is 5. The van der Waals surface area contributed by atoms with Crippen molar-refractivity contribution in [1.82, 2.24) is 9.97 Å². The Balaban J connectivity index is 2.21. The lowest BCUT2D eigenvalue weighted by Gasteiger charge is -2.17. The van der Waals surface area contributed by atoms with Crippen molar-refractivity contribution in [3.05, 3.63) is 47.7 Å². The van der Waals surface area contributed by atoms with Gasteiger partial charge in [0.05, 0.1) is 13.2 Å². The molecule has 3 N–H and O–H groups in total. The second kappa shape index (κ2) is 6.15. The highest BCUT2D eigenvalue weighted by atomic mass is 16.5. The predicted octanol–water partition coefficient (Wildman–Crippen LogP) is 1.91. The van der Waals surface area contributed by atoms with E-state index in [4.69, 9.17) is 10.5 Å². The van der Waals surface area contributed by atoms with Crippen LogP contribution in [-0.2, 0) is 0 Å². The maximum Gasteiger partial charge on any atom is 0.226 e. The summed E-state index contributed by atoms with van der Waals surface area (Å²) < 4.78 is 5.13. The molecule has 1 atom stereocenters. The number of benzene rings is 1. The van der Waals surface area contributed by atoms with E-state index in [1.165, 1.54) is 0 Å². The molecule has 0 saturated carbocycles. The van der Waals surface area contributed by atoms with Crippen LogP contribution >= 0.6 is 0 Å². The molecule has 5 nitrogen and oxygen atoms in total. The van der Waals surface area contributed by atoms with Crippen LogP contribution < -0.4 is 15.8 Å². The minimum Gasteiger partial charge on any atom is -0.481 e. The van der Waals surface area contributed by atoms with E-state index in [0.717, 1.165) is 11.3 Å². The predicted molar refractivity (Wildman–Crippen MR) is 75.2 cm³/mol. The molecule has 0 aliphatic carbocycles. The first-order valence-electron chi connectivity index (χ1n) is 6.14. The number of hydrogen-bond donors (Lipinski definition) is 2. The first-order valence-corrected chi connectivity index (χ1v) is 6.14. The zero-order chi connectivity index (χ0) is 13.7. The highest BCUT2D eigenvalue weighted by Crippen LogP contribution is 2.18. The van der Waals surface area contributed by atoms with Gasteiger partial charge in [-0.25, -0.2) is 4.98 Å². The lowest BCUT2D eigenvalue weighted by Crippen LogP contribution is -2.21. The number of aromatic nitrogens is 2. The van der Waals surface area contributed by atoms with E-state index in [1.54, 1.807) is 13.2 Å². The average Bonchev–Trinajstić information content (AvgIpc) is 2.45. The van der Waals surface area contributed by atoms with Gasteiger partial charge in [0.25, 0.3) is 0 Å². The first kappa shape index (κ1) is 13.3. The second-order valence-corrected chi connectivity index (χ2v) is 4.22. The van der Waals surface area contributed by atoms with Gasteiger partial charge >= 0.3 is 0 Å². The van der Waals surface area contributed by atoms with Crippen LogP contribution in [0.2, 0.25) is 0 Å². The van der Waals surface area contributed by atoms with Gasteiger partial charge in [0.15, 0.2) is 0 Å². The third kappa shape index (κ3) is 3.42. The van der Waals surface area contributed by atoms with E-state index in [0.29, 0.717) is 18.4 Å². The quantitative estimate of drug-likeness (QED) is 0.857. The Kier molecular flexibility index (Phi) is 4.30. The van der Waals surface area contributed by atoms with E-state index in [-0.39, 0.29) is 6.04 Å². The molecular formula is C14H18N4O. The summed E-state index contributed by atoms with van der Waals surface area (Å²) in [7, 11) is 1.59. The second-order valence-electron chi connectivity index (χ2n) is 4.22. The summed E-state index contributed by atoms with van der Waals surface area (Å²) in [4.78, 5) is 8.60. The van der Waals surface area contributed by atoms with Gasteiger partial charge in [0.2, 0.25) is 11.8 Å². The molecule has 5 heteroatoms. The van der Waals surface area contributed by atoms with Gasteiger partial charge < -0.3 is 15.8 Å². The number of methoxy groups -OCH3 is 1. The van der Waals surface area contributed by atoms with Gasteiger partial charge in [0, 0.05) is 18.3 Å². The lowest BCUT2D eigenvalue weighted by atomic mass is 10.1. The Morgan fingerprint density at radius 1 is 1.26 bits per heavy atom. The van der Waals surface area contributed by atoms with E-state index >= 15 is 0 Å². The van der Waals surface area contributed by atoms with Crippen molar-refractivity contribution >= 4 is 5.95 Å². The highest BCUT2D eigenvalue weighted by Gasteiger charge is 2.11. The summed E-state index contributed by atoms with van der Waals surface area (Å²) in [5.41, 5.74) is 7.76. The molecule has 1 aromatic heterocycles.